The van der Waals surface area contributed by atoms with Gasteiger partial charge in [-0.15, -0.1) is 0 Å². The van der Waals surface area contributed by atoms with E-state index in [4.69, 9.17) is 0 Å². The van der Waals surface area contributed by atoms with E-state index in [0.717, 1.165) is 6.20 Å². The van der Waals surface area contributed by atoms with Gasteiger partial charge >= 0.3 is 23.5 Å². The van der Waals surface area contributed by atoms with E-state index in [1.807, 2.05) is 0 Å². The van der Waals surface area contributed by atoms with Crippen molar-refractivity contribution in [1.82, 2.24) is 14.1 Å². The molecule has 0 saturated heterocycles. The van der Waals surface area contributed by atoms with Crippen molar-refractivity contribution in [2.45, 2.75) is 0 Å². The third-order valence-electron chi connectivity index (χ3n) is 2.91. The molecule has 116 valence electrons. The number of imidazole rings is 1. The Morgan fingerprint density at radius 2 is 2.00 bits per heavy atom. The van der Waals surface area contributed by atoms with E-state index in [9.17, 15) is 19.7 Å². The van der Waals surface area contributed by atoms with Crippen molar-refractivity contribution >= 4 is 23.4 Å². The number of aromatic nitrogens is 3. The van der Waals surface area contributed by atoms with Crippen LogP contribution in [0, 0.1) is 10.1 Å². The second kappa shape index (κ2) is 5.68. The molecule has 0 radical (unpaired) electrons. The number of aryl methyl sites for hydroxylation is 2. The van der Waals surface area contributed by atoms with Gasteiger partial charge in [0.1, 0.15) is 11.9 Å². The fourth-order valence-electron chi connectivity index (χ4n) is 1.88. The summed E-state index contributed by atoms with van der Waals surface area (Å²) in [4.78, 5) is 37.2. The fourth-order valence-corrected chi connectivity index (χ4v) is 1.88. The summed E-state index contributed by atoms with van der Waals surface area (Å²) in [6.45, 7) is 0. The minimum atomic E-state index is -0.686. The van der Waals surface area contributed by atoms with E-state index in [-0.39, 0.29) is 11.5 Å². The Hall–Kier alpha value is -3.17. The molecular weight excluding hydrogens is 294 g/mol. The van der Waals surface area contributed by atoms with Crippen molar-refractivity contribution < 1.29 is 19.2 Å². The Balaban J connectivity index is 2.22. The number of hydrogen-bond acceptors (Lipinski definition) is 6. The van der Waals surface area contributed by atoms with Gasteiger partial charge in [0.15, 0.2) is 0 Å². The van der Waals surface area contributed by atoms with E-state index < -0.39 is 22.6 Å². The highest BCUT2D eigenvalue weighted by atomic mass is 16.6. The lowest BCUT2D eigenvalue weighted by Crippen LogP contribution is -2.16. The zero-order valence-corrected chi connectivity index (χ0v) is 12.1. The molecular formula is C12H13N5O5. The normalized spacial score (nSPS) is 10.3. The van der Waals surface area contributed by atoms with E-state index in [1.54, 1.807) is 7.05 Å². The van der Waals surface area contributed by atoms with Crippen molar-refractivity contribution in [2.24, 2.45) is 14.1 Å². The molecule has 0 saturated carbocycles. The SMILES string of the molecule is COC(=O)c1cc(NC(=O)c2nc([N+](=O)[O-])cn2C)cn1C. The predicted octanol–water partition coefficient (Wildman–Crippen LogP) is 0.706. The van der Waals surface area contributed by atoms with Crippen LogP contribution >= 0.6 is 0 Å². The molecule has 10 heteroatoms. The maximum absolute atomic E-state index is 12.1. The first-order valence-electron chi connectivity index (χ1n) is 6.07. The van der Waals surface area contributed by atoms with Crippen LogP contribution in [0.1, 0.15) is 21.1 Å². The van der Waals surface area contributed by atoms with Gasteiger partial charge in [-0.3, -0.25) is 4.79 Å². The molecule has 0 aromatic carbocycles. The third kappa shape index (κ3) is 2.80. The van der Waals surface area contributed by atoms with Gasteiger partial charge in [-0.2, -0.15) is 0 Å². The van der Waals surface area contributed by atoms with Crippen molar-refractivity contribution in [3.05, 3.63) is 40.1 Å². The van der Waals surface area contributed by atoms with Gasteiger partial charge in [0.25, 0.3) is 0 Å². The van der Waals surface area contributed by atoms with Crippen LogP contribution in [-0.2, 0) is 18.8 Å². The number of rotatable bonds is 4. The number of hydrogen-bond donors (Lipinski definition) is 1. The molecule has 1 N–H and O–H groups in total. The molecule has 0 fully saturated rings. The number of nitrogens with one attached hydrogen (secondary N) is 1. The maximum atomic E-state index is 12.1. The molecule has 0 aliphatic rings. The van der Waals surface area contributed by atoms with Crippen molar-refractivity contribution in [2.75, 3.05) is 12.4 Å². The van der Waals surface area contributed by atoms with Crippen LogP contribution in [0.5, 0.6) is 0 Å². The molecule has 0 bridgehead atoms. The summed E-state index contributed by atoms with van der Waals surface area (Å²) in [5, 5.41) is 13.2. The summed E-state index contributed by atoms with van der Waals surface area (Å²) in [6, 6.07) is 1.43. The van der Waals surface area contributed by atoms with E-state index in [0.29, 0.717) is 5.69 Å². The first-order chi connectivity index (χ1) is 10.3. The first-order valence-corrected chi connectivity index (χ1v) is 6.07. The highest BCUT2D eigenvalue weighted by Crippen LogP contribution is 2.16. The minimum absolute atomic E-state index is 0.116. The monoisotopic (exact) mass is 307 g/mol. The summed E-state index contributed by atoms with van der Waals surface area (Å²) in [5.41, 5.74) is 0.599. The van der Waals surface area contributed by atoms with Gasteiger partial charge in [0.2, 0.25) is 0 Å². The van der Waals surface area contributed by atoms with E-state index >= 15 is 0 Å². The smallest absolute Gasteiger partial charge is 0.382 e. The lowest BCUT2D eigenvalue weighted by molar-refractivity contribution is -0.389. The second-order valence-corrected chi connectivity index (χ2v) is 4.46. The zero-order valence-electron chi connectivity index (χ0n) is 12.1. The molecule has 2 aromatic heterocycles. The zero-order chi connectivity index (χ0) is 16.4. The number of carbonyl (C=O) groups is 2. The van der Waals surface area contributed by atoms with Gasteiger partial charge in [0.05, 0.1) is 12.8 Å². The molecule has 0 aliphatic carbocycles. The molecule has 1 amide bonds. The molecule has 0 aliphatic heterocycles. The summed E-state index contributed by atoms with van der Waals surface area (Å²) < 4.78 is 7.34. The van der Waals surface area contributed by atoms with Gasteiger partial charge in [-0.25, -0.2) is 4.79 Å². The minimum Gasteiger partial charge on any atom is -0.464 e. The molecule has 22 heavy (non-hydrogen) atoms. The van der Waals surface area contributed by atoms with Gasteiger partial charge < -0.3 is 29.3 Å². The number of nitro groups is 1. The number of anilines is 1. The number of esters is 1. The van der Waals surface area contributed by atoms with Crippen LogP contribution in [0.15, 0.2) is 18.5 Å². The van der Waals surface area contributed by atoms with Crippen molar-refractivity contribution in [3.8, 4) is 0 Å². The molecule has 0 spiro atoms. The number of amides is 1. The first kappa shape index (κ1) is 15.2. The number of methoxy groups -OCH3 is 1. The summed E-state index contributed by atoms with van der Waals surface area (Å²) in [6.07, 6.45) is 2.65. The maximum Gasteiger partial charge on any atom is 0.382 e. The third-order valence-corrected chi connectivity index (χ3v) is 2.91. The molecule has 10 nitrogen and oxygen atoms in total. The Kier molecular flexibility index (Phi) is 3.93. The Labute approximate surface area is 124 Å². The molecule has 0 unspecified atom stereocenters. The quantitative estimate of drug-likeness (QED) is 0.504. The highest BCUT2D eigenvalue weighted by molar-refractivity contribution is 6.02. The topological polar surface area (TPSA) is 121 Å². The Morgan fingerprint density at radius 1 is 1.32 bits per heavy atom. The Morgan fingerprint density at radius 3 is 2.55 bits per heavy atom. The number of nitrogens with zero attached hydrogens (tertiary/aromatic N) is 4. The molecule has 2 heterocycles. The Bertz CT molecular complexity index is 760. The van der Waals surface area contributed by atoms with Crippen molar-refractivity contribution in [3.63, 3.8) is 0 Å². The molecule has 2 aromatic rings. The summed E-state index contributed by atoms with van der Waals surface area (Å²) >= 11 is 0. The predicted molar refractivity (Wildman–Crippen MR) is 74.6 cm³/mol. The molecule has 2 rings (SSSR count). The molecule has 0 atom stereocenters. The van der Waals surface area contributed by atoms with Crippen LogP contribution < -0.4 is 5.32 Å². The van der Waals surface area contributed by atoms with Crippen LogP contribution in [0.2, 0.25) is 0 Å². The van der Waals surface area contributed by atoms with E-state index in [2.05, 4.69) is 15.0 Å². The number of ether oxygens (including phenoxy) is 1. The second-order valence-electron chi connectivity index (χ2n) is 4.46. The lowest BCUT2D eigenvalue weighted by Gasteiger charge is -1.98. The van der Waals surface area contributed by atoms with Gasteiger partial charge in [-0.1, -0.05) is 0 Å². The van der Waals surface area contributed by atoms with Crippen LogP contribution in [0.3, 0.4) is 0 Å². The van der Waals surface area contributed by atoms with Crippen LogP contribution in [0.25, 0.3) is 0 Å². The van der Waals surface area contributed by atoms with Crippen molar-refractivity contribution in [1.29, 1.82) is 0 Å². The standard InChI is InChI=1S/C12H13N5O5/c1-15-5-7(4-8(15)12(19)22-3)13-11(18)10-14-9(17(20)21)6-16(10)2/h4-6H,1-3H3,(H,13,18). The lowest BCUT2D eigenvalue weighted by atomic mass is 10.4. The van der Waals surface area contributed by atoms with E-state index in [1.165, 1.54) is 35.6 Å². The van der Waals surface area contributed by atoms with Gasteiger partial charge in [-0.05, 0) is 16.0 Å². The average Bonchev–Trinajstić information content (AvgIpc) is 3.01. The highest BCUT2D eigenvalue weighted by Gasteiger charge is 2.24. The summed E-state index contributed by atoms with van der Waals surface area (Å²) in [5.74, 6) is -1.71. The summed E-state index contributed by atoms with van der Waals surface area (Å²) in [7, 11) is 4.34. The average molecular weight is 307 g/mol. The number of carbonyl (C=O) groups excluding carboxylic acids is 2. The van der Waals surface area contributed by atoms with Crippen LogP contribution in [-0.4, -0.2) is 38.0 Å². The largest absolute Gasteiger partial charge is 0.464 e. The fraction of sp³-hybridized carbons (Fsp3) is 0.250. The van der Waals surface area contributed by atoms with Crippen LogP contribution in [0.4, 0.5) is 11.5 Å². The van der Waals surface area contributed by atoms with Gasteiger partial charge in [0, 0.05) is 20.3 Å².